The van der Waals surface area contributed by atoms with Crippen LogP contribution in [0.25, 0.3) is 0 Å². The zero-order valence-corrected chi connectivity index (χ0v) is 12.8. The molecule has 7 nitrogen and oxygen atoms in total. The molecule has 3 N–H and O–H groups in total. The summed E-state index contributed by atoms with van der Waals surface area (Å²) in [4.78, 5) is 47.3. The van der Waals surface area contributed by atoms with Crippen LogP contribution in [-0.4, -0.2) is 42.1 Å². The summed E-state index contributed by atoms with van der Waals surface area (Å²) in [5.74, 6) is -2.17. The summed E-state index contributed by atoms with van der Waals surface area (Å²) in [6.45, 7) is 1.86. The molecule has 2 aliphatic rings. The minimum atomic E-state index is -0.937. The lowest BCUT2D eigenvalue weighted by Crippen LogP contribution is -2.49. The Hall–Kier alpha value is -1.92. The topological polar surface area (TPSA) is 104 Å². The van der Waals surface area contributed by atoms with Crippen LogP contribution in [0.15, 0.2) is 0 Å². The van der Waals surface area contributed by atoms with Gasteiger partial charge in [-0.05, 0) is 25.7 Å². The molecule has 1 saturated heterocycles. The van der Waals surface area contributed by atoms with E-state index in [0.29, 0.717) is 13.0 Å². The Balaban J connectivity index is 1.96. The van der Waals surface area contributed by atoms with E-state index in [4.69, 9.17) is 0 Å². The number of carbonyl (C=O) groups excluding carboxylic acids is 4. The molecule has 0 bridgehead atoms. The van der Waals surface area contributed by atoms with Crippen molar-refractivity contribution in [2.45, 2.75) is 57.5 Å². The van der Waals surface area contributed by atoms with E-state index < -0.39 is 17.7 Å². The van der Waals surface area contributed by atoms with Gasteiger partial charge in [0, 0.05) is 25.4 Å². The van der Waals surface area contributed by atoms with Gasteiger partial charge >= 0.3 is 0 Å². The lowest BCUT2D eigenvalue weighted by molar-refractivity contribution is -0.141. The third-order valence-corrected chi connectivity index (χ3v) is 4.29. The third-order valence-electron chi connectivity index (χ3n) is 4.29. The van der Waals surface area contributed by atoms with E-state index in [2.05, 4.69) is 16.0 Å². The van der Waals surface area contributed by atoms with E-state index >= 15 is 0 Å². The summed E-state index contributed by atoms with van der Waals surface area (Å²) in [6.07, 6.45) is 4.66. The zero-order valence-electron chi connectivity index (χ0n) is 12.8. The van der Waals surface area contributed by atoms with Crippen molar-refractivity contribution in [3.8, 4) is 0 Å². The van der Waals surface area contributed by atoms with Crippen molar-refractivity contribution in [3.63, 3.8) is 0 Å². The maximum absolute atomic E-state index is 12.3. The van der Waals surface area contributed by atoms with Crippen LogP contribution in [0.1, 0.15) is 45.4 Å². The molecule has 0 aromatic carbocycles. The summed E-state index contributed by atoms with van der Waals surface area (Å²) in [5, 5.41) is 7.92. The van der Waals surface area contributed by atoms with Gasteiger partial charge in [0.25, 0.3) is 5.91 Å². The standard InChI is InChI=1S/C15H23N3O4/c1-9(19)17-12(8-10-6-7-16-14(10)21)13(20)15(22)18-11-4-2-3-5-11/h10-12H,2-8H2,1H3,(H,16,21)(H,17,19)(H,18,22). The fourth-order valence-corrected chi connectivity index (χ4v) is 3.12. The van der Waals surface area contributed by atoms with E-state index in [9.17, 15) is 19.2 Å². The van der Waals surface area contributed by atoms with E-state index in [1.165, 1.54) is 6.92 Å². The summed E-state index contributed by atoms with van der Waals surface area (Å²) in [7, 11) is 0. The molecular formula is C15H23N3O4. The van der Waals surface area contributed by atoms with Gasteiger partial charge in [-0.1, -0.05) is 12.8 Å². The average molecular weight is 309 g/mol. The van der Waals surface area contributed by atoms with Crippen LogP contribution in [0.5, 0.6) is 0 Å². The van der Waals surface area contributed by atoms with Crippen molar-refractivity contribution >= 4 is 23.5 Å². The minimum Gasteiger partial charge on any atom is -0.356 e. The van der Waals surface area contributed by atoms with Gasteiger partial charge in [-0.15, -0.1) is 0 Å². The first-order valence-corrected chi connectivity index (χ1v) is 7.87. The molecule has 0 aromatic rings. The highest BCUT2D eigenvalue weighted by Crippen LogP contribution is 2.19. The molecule has 0 aromatic heterocycles. The molecule has 1 saturated carbocycles. The summed E-state index contributed by atoms with van der Waals surface area (Å²) in [5.41, 5.74) is 0. The summed E-state index contributed by atoms with van der Waals surface area (Å²) in [6, 6.07) is -0.892. The molecule has 122 valence electrons. The quantitative estimate of drug-likeness (QED) is 0.583. The Morgan fingerprint density at radius 3 is 2.45 bits per heavy atom. The molecule has 0 spiro atoms. The van der Waals surface area contributed by atoms with E-state index in [-0.39, 0.29) is 30.2 Å². The second-order valence-corrected chi connectivity index (χ2v) is 6.08. The van der Waals surface area contributed by atoms with Crippen LogP contribution in [0.4, 0.5) is 0 Å². The predicted octanol–water partition coefficient (Wildman–Crippen LogP) is -0.355. The number of rotatable bonds is 6. The predicted molar refractivity (Wildman–Crippen MR) is 78.7 cm³/mol. The van der Waals surface area contributed by atoms with E-state index in [1.54, 1.807) is 0 Å². The lowest BCUT2D eigenvalue weighted by atomic mass is 9.95. The molecule has 3 amide bonds. The monoisotopic (exact) mass is 309 g/mol. The highest BCUT2D eigenvalue weighted by Gasteiger charge is 2.34. The molecule has 0 radical (unpaired) electrons. The fraction of sp³-hybridized carbons (Fsp3) is 0.733. The lowest BCUT2D eigenvalue weighted by Gasteiger charge is -2.20. The van der Waals surface area contributed by atoms with Gasteiger partial charge in [0.15, 0.2) is 0 Å². The molecule has 1 aliphatic heterocycles. The smallest absolute Gasteiger partial charge is 0.289 e. The first-order valence-electron chi connectivity index (χ1n) is 7.87. The fourth-order valence-electron chi connectivity index (χ4n) is 3.12. The summed E-state index contributed by atoms with van der Waals surface area (Å²) >= 11 is 0. The van der Waals surface area contributed by atoms with Gasteiger partial charge in [0.05, 0.1) is 6.04 Å². The van der Waals surface area contributed by atoms with Gasteiger partial charge in [0.1, 0.15) is 0 Å². The first kappa shape index (κ1) is 16.5. The number of carbonyl (C=O) groups is 4. The number of hydrogen-bond donors (Lipinski definition) is 3. The molecule has 2 atom stereocenters. The highest BCUT2D eigenvalue weighted by molar-refractivity contribution is 6.38. The van der Waals surface area contributed by atoms with Crippen LogP contribution in [-0.2, 0) is 19.2 Å². The molecule has 7 heteroatoms. The molecule has 1 aliphatic carbocycles. The number of amides is 3. The highest BCUT2D eigenvalue weighted by atomic mass is 16.2. The van der Waals surface area contributed by atoms with Gasteiger partial charge < -0.3 is 16.0 Å². The number of hydrogen-bond acceptors (Lipinski definition) is 4. The Bertz CT molecular complexity index is 471. The van der Waals surface area contributed by atoms with Gasteiger partial charge in [-0.3, -0.25) is 19.2 Å². The zero-order chi connectivity index (χ0) is 16.1. The normalized spacial score (nSPS) is 23.0. The third kappa shape index (κ3) is 4.29. The Morgan fingerprint density at radius 2 is 1.91 bits per heavy atom. The van der Waals surface area contributed by atoms with Crippen LogP contribution in [0, 0.1) is 5.92 Å². The van der Waals surface area contributed by atoms with Crippen molar-refractivity contribution in [3.05, 3.63) is 0 Å². The largest absolute Gasteiger partial charge is 0.356 e. The Morgan fingerprint density at radius 1 is 1.23 bits per heavy atom. The summed E-state index contributed by atoms with van der Waals surface area (Å²) < 4.78 is 0. The van der Waals surface area contributed by atoms with Crippen LogP contribution < -0.4 is 16.0 Å². The number of nitrogens with one attached hydrogen (secondary N) is 3. The van der Waals surface area contributed by atoms with Gasteiger partial charge in [0.2, 0.25) is 17.6 Å². The van der Waals surface area contributed by atoms with E-state index in [1.807, 2.05) is 0 Å². The molecule has 1 heterocycles. The second kappa shape index (κ2) is 7.38. The molecule has 22 heavy (non-hydrogen) atoms. The SMILES string of the molecule is CC(=O)NC(CC1CCNC1=O)C(=O)C(=O)NC1CCCC1. The number of ketones is 1. The van der Waals surface area contributed by atoms with Crippen molar-refractivity contribution in [2.24, 2.45) is 5.92 Å². The van der Waals surface area contributed by atoms with Crippen molar-refractivity contribution < 1.29 is 19.2 Å². The second-order valence-electron chi connectivity index (χ2n) is 6.08. The maximum Gasteiger partial charge on any atom is 0.289 e. The van der Waals surface area contributed by atoms with Crippen LogP contribution in [0.3, 0.4) is 0 Å². The minimum absolute atomic E-state index is 0.0456. The van der Waals surface area contributed by atoms with E-state index in [0.717, 1.165) is 25.7 Å². The molecule has 2 fully saturated rings. The molecular weight excluding hydrogens is 286 g/mol. The van der Waals surface area contributed by atoms with Crippen molar-refractivity contribution in [2.75, 3.05) is 6.54 Å². The van der Waals surface area contributed by atoms with Crippen molar-refractivity contribution in [1.29, 1.82) is 0 Å². The van der Waals surface area contributed by atoms with Crippen molar-refractivity contribution in [1.82, 2.24) is 16.0 Å². The number of Topliss-reactive ketones (excluding diaryl/α,β-unsaturated/α-hetero) is 1. The van der Waals surface area contributed by atoms with Crippen LogP contribution >= 0.6 is 0 Å². The first-order chi connectivity index (χ1) is 10.5. The molecule has 2 unspecified atom stereocenters. The molecule has 2 rings (SSSR count). The van der Waals surface area contributed by atoms with Gasteiger partial charge in [-0.2, -0.15) is 0 Å². The van der Waals surface area contributed by atoms with Crippen LogP contribution in [0.2, 0.25) is 0 Å². The Labute approximate surface area is 129 Å². The Kier molecular flexibility index (Phi) is 5.51. The average Bonchev–Trinajstić information content (AvgIpc) is 3.09. The van der Waals surface area contributed by atoms with Gasteiger partial charge in [-0.25, -0.2) is 0 Å². The maximum atomic E-state index is 12.3.